The number of piperidine rings is 1. The molecular formula is C19H24F4N2O3. The van der Waals surface area contributed by atoms with Crippen LogP contribution in [0.3, 0.4) is 0 Å². The molecule has 28 heavy (non-hydrogen) atoms. The third-order valence-electron chi connectivity index (χ3n) is 5.29. The van der Waals surface area contributed by atoms with Crippen LogP contribution in [0, 0.1) is 18.7 Å². The van der Waals surface area contributed by atoms with Gasteiger partial charge in [0.05, 0.1) is 5.56 Å². The van der Waals surface area contributed by atoms with Crippen LogP contribution in [0.5, 0.6) is 0 Å². The van der Waals surface area contributed by atoms with Crippen LogP contribution in [0.25, 0.3) is 0 Å². The van der Waals surface area contributed by atoms with Gasteiger partial charge in [0, 0.05) is 26.2 Å². The number of likely N-dealkylation sites (tertiary alicyclic amines) is 1. The third-order valence-corrected chi connectivity index (χ3v) is 5.29. The number of nitrogens with zero attached hydrogens (tertiary/aromatic N) is 2. The number of rotatable bonds is 3. The summed E-state index contributed by atoms with van der Waals surface area (Å²) in [6.45, 7) is 3.73. The molecule has 1 aliphatic rings. The molecule has 0 saturated carbocycles. The Bertz CT molecular complexity index is 764. The van der Waals surface area contributed by atoms with E-state index in [2.05, 4.69) is 0 Å². The van der Waals surface area contributed by atoms with Gasteiger partial charge in [-0.05, 0) is 43.9 Å². The zero-order valence-corrected chi connectivity index (χ0v) is 16.2. The lowest BCUT2D eigenvalue weighted by Crippen LogP contribution is -2.60. The zero-order chi connectivity index (χ0) is 21.4. The molecule has 1 saturated heterocycles. The Morgan fingerprint density at radius 1 is 1.29 bits per heavy atom. The minimum atomic E-state index is -5.08. The molecule has 9 heteroatoms. The Hall–Kier alpha value is -2.16. The zero-order valence-electron chi connectivity index (χ0n) is 16.2. The molecule has 0 spiro atoms. The monoisotopic (exact) mass is 404 g/mol. The van der Waals surface area contributed by atoms with Gasteiger partial charge in [0.15, 0.2) is 0 Å². The molecule has 0 radical (unpaired) electrons. The molecule has 0 aliphatic carbocycles. The van der Waals surface area contributed by atoms with Crippen molar-refractivity contribution in [1.29, 1.82) is 0 Å². The van der Waals surface area contributed by atoms with Crippen molar-refractivity contribution in [2.45, 2.75) is 45.0 Å². The fourth-order valence-corrected chi connectivity index (χ4v) is 3.46. The van der Waals surface area contributed by atoms with E-state index in [1.807, 2.05) is 0 Å². The molecule has 1 aliphatic heterocycles. The van der Waals surface area contributed by atoms with Crippen molar-refractivity contribution in [3.05, 3.63) is 35.1 Å². The molecule has 1 aromatic carbocycles. The summed E-state index contributed by atoms with van der Waals surface area (Å²) in [4.78, 5) is 27.1. The third kappa shape index (κ3) is 4.14. The van der Waals surface area contributed by atoms with E-state index in [0.29, 0.717) is 12.5 Å². The lowest BCUT2D eigenvalue weighted by atomic mass is 9.90. The second kappa shape index (κ2) is 7.69. The summed E-state index contributed by atoms with van der Waals surface area (Å²) < 4.78 is 52.8. The smallest absolute Gasteiger partial charge is 0.373 e. The summed E-state index contributed by atoms with van der Waals surface area (Å²) in [5.41, 5.74) is -2.88. The number of halogens is 4. The van der Waals surface area contributed by atoms with Crippen LogP contribution in [-0.4, -0.2) is 64.7 Å². The Morgan fingerprint density at radius 3 is 2.39 bits per heavy atom. The van der Waals surface area contributed by atoms with Gasteiger partial charge in [-0.15, -0.1) is 0 Å². The fraction of sp³-hybridized carbons (Fsp3) is 0.579. The highest BCUT2D eigenvalue weighted by Crippen LogP contribution is 2.33. The molecule has 1 N–H and O–H groups in total. The van der Waals surface area contributed by atoms with Crippen LogP contribution in [0.1, 0.15) is 36.2 Å². The maximum absolute atomic E-state index is 14.1. The number of carbonyl (C=O) groups excluding carboxylic acids is 2. The van der Waals surface area contributed by atoms with Gasteiger partial charge in [-0.3, -0.25) is 9.59 Å². The molecule has 2 rings (SSSR count). The first-order valence-electron chi connectivity index (χ1n) is 8.89. The highest BCUT2D eigenvalue weighted by Gasteiger charge is 2.57. The number of hydrogen-bond acceptors (Lipinski definition) is 3. The summed E-state index contributed by atoms with van der Waals surface area (Å²) >= 11 is 0. The lowest BCUT2D eigenvalue weighted by Gasteiger charge is -2.43. The van der Waals surface area contributed by atoms with Crippen LogP contribution in [0.4, 0.5) is 17.6 Å². The first-order chi connectivity index (χ1) is 12.8. The van der Waals surface area contributed by atoms with Crippen LogP contribution in [0.15, 0.2) is 18.2 Å². The van der Waals surface area contributed by atoms with Gasteiger partial charge in [0.1, 0.15) is 5.82 Å². The standard InChI is InChI=1S/C19H24F4N2O3/c1-11-5-6-13(14(20)9-11)16(26)24(4)15-7-8-25(10-12(15)2)17(27)18(3,28)19(21,22)23/h5-6,9,12,15,28H,7-8,10H2,1-4H3/t12-,15+,18-/m1/s1. The maximum atomic E-state index is 14.1. The predicted octanol–water partition coefficient (Wildman–Crippen LogP) is 2.76. The first kappa shape index (κ1) is 22.1. The van der Waals surface area contributed by atoms with E-state index in [-0.39, 0.29) is 37.0 Å². The molecule has 0 bridgehead atoms. The number of aryl methyl sites for hydroxylation is 1. The number of benzene rings is 1. The van der Waals surface area contributed by atoms with E-state index in [1.165, 1.54) is 24.1 Å². The van der Waals surface area contributed by atoms with E-state index in [4.69, 9.17) is 0 Å². The molecule has 3 atom stereocenters. The minimum Gasteiger partial charge on any atom is -0.373 e. The molecule has 0 unspecified atom stereocenters. The van der Waals surface area contributed by atoms with Gasteiger partial charge in [0.25, 0.3) is 11.8 Å². The number of amides is 2. The predicted molar refractivity (Wildman–Crippen MR) is 94.1 cm³/mol. The van der Waals surface area contributed by atoms with Crippen LogP contribution in [-0.2, 0) is 4.79 Å². The number of alkyl halides is 3. The molecule has 1 heterocycles. The number of carbonyl (C=O) groups is 2. The maximum Gasteiger partial charge on any atom is 0.426 e. The molecule has 156 valence electrons. The average Bonchev–Trinajstić information content (AvgIpc) is 2.58. The second-order valence-corrected chi connectivity index (χ2v) is 7.55. The second-order valence-electron chi connectivity index (χ2n) is 7.55. The summed E-state index contributed by atoms with van der Waals surface area (Å²) in [6, 6.07) is 3.89. The van der Waals surface area contributed by atoms with Crippen molar-refractivity contribution in [1.82, 2.24) is 9.80 Å². The Balaban J connectivity index is 2.11. The molecule has 2 amide bonds. The van der Waals surface area contributed by atoms with Gasteiger partial charge in [-0.2, -0.15) is 13.2 Å². The quantitative estimate of drug-likeness (QED) is 0.789. The Morgan fingerprint density at radius 2 is 1.89 bits per heavy atom. The largest absolute Gasteiger partial charge is 0.426 e. The molecule has 1 aromatic rings. The molecule has 1 fully saturated rings. The van der Waals surface area contributed by atoms with Crippen LogP contribution < -0.4 is 0 Å². The van der Waals surface area contributed by atoms with Crippen LogP contribution in [0.2, 0.25) is 0 Å². The van der Waals surface area contributed by atoms with Crippen molar-refractivity contribution < 1.29 is 32.3 Å². The summed E-state index contributed by atoms with van der Waals surface area (Å²) in [5, 5.41) is 9.60. The van der Waals surface area contributed by atoms with Gasteiger partial charge >= 0.3 is 6.18 Å². The SMILES string of the molecule is Cc1ccc(C(=O)N(C)[C@H]2CCN(C(=O)[C@@](C)(O)C(F)(F)F)C[C@H]2C)c(F)c1. The molecule has 0 aromatic heterocycles. The Labute approximate surface area is 160 Å². The summed E-state index contributed by atoms with van der Waals surface area (Å²) in [6.07, 6.45) is -4.86. The number of hydrogen-bond donors (Lipinski definition) is 1. The Kier molecular flexibility index (Phi) is 6.08. The van der Waals surface area contributed by atoms with Crippen molar-refractivity contribution >= 4 is 11.8 Å². The van der Waals surface area contributed by atoms with Gasteiger partial charge in [-0.1, -0.05) is 13.0 Å². The van der Waals surface area contributed by atoms with Crippen molar-refractivity contribution in [2.75, 3.05) is 20.1 Å². The summed E-state index contributed by atoms with van der Waals surface area (Å²) in [5.74, 6) is -2.94. The van der Waals surface area contributed by atoms with Gasteiger partial charge < -0.3 is 14.9 Å². The average molecular weight is 404 g/mol. The highest BCUT2D eigenvalue weighted by atomic mass is 19.4. The number of aliphatic hydroxyl groups is 1. The minimum absolute atomic E-state index is 0.0475. The van der Waals surface area contributed by atoms with E-state index in [1.54, 1.807) is 19.9 Å². The van der Waals surface area contributed by atoms with E-state index in [9.17, 15) is 32.3 Å². The van der Waals surface area contributed by atoms with E-state index >= 15 is 0 Å². The van der Waals surface area contributed by atoms with Crippen molar-refractivity contribution in [3.8, 4) is 0 Å². The highest BCUT2D eigenvalue weighted by molar-refractivity contribution is 5.94. The van der Waals surface area contributed by atoms with Gasteiger partial charge in [0.2, 0.25) is 5.60 Å². The van der Waals surface area contributed by atoms with Gasteiger partial charge in [-0.25, -0.2) is 4.39 Å². The normalized spacial score (nSPS) is 22.5. The van der Waals surface area contributed by atoms with Crippen molar-refractivity contribution in [2.24, 2.45) is 5.92 Å². The van der Waals surface area contributed by atoms with Crippen molar-refractivity contribution in [3.63, 3.8) is 0 Å². The summed E-state index contributed by atoms with van der Waals surface area (Å²) in [7, 11) is 1.51. The van der Waals surface area contributed by atoms with Crippen LogP contribution >= 0.6 is 0 Å². The van der Waals surface area contributed by atoms with E-state index < -0.39 is 29.4 Å². The lowest BCUT2D eigenvalue weighted by molar-refractivity contribution is -0.251. The molecular weight excluding hydrogens is 380 g/mol. The first-order valence-corrected chi connectivity index (χ1v) is 8.89. The molecule has 5 nitrogen and oxygen atoms in total. The van der Waals surface area contributed by atoms with E-state index in [0.717, 1.165) is 4.90 Å². The topological polar surface area (TPSA) is 60.9 Å². The fourth-order valence-electron chi connectivity index (χ4n) is 3.46.